The van der Waals surface area contributed by atoms with Crippen molar-refractivity contribution in [2.45, 2.75) is 58.8 Å². The zero-order valence-electron chi connectivity index (χ0n) is 13.9. The lowest BCUT2D eigenvalue weighted by Gasteiger charge is -2.12. The molecule has 1 N–H and O–H groups in total. The van der Waals surface area contributed by atoms with E-state index in [-0.39, 0.29) is 0 Å². The van der Waals surface area contributed by atoms with E-state index in [1.807, 2.05) is 31.2 Å². The molecule has 22 heavy (non-hydrogen) atoms. The number of benzene rings is 1. The Morgan fingerprint density at radius 2 is 1.68 bits per heavy atom. The first-order valence-corrected chi connectivity index (χ1v) is 8.43. The second kappa shape index (κ2) is 11.9. The molecule has 4 heteroatoms. The van der Waals surface area contributed by atoms with E-state index in [1.165, 1.54) is 32.1 Å². The first-order valence-electron chi connectivity index (χ1n) is 8.43. The topological polar surface area (TPSA) is 47.6 Å². The average Bonchev–Trinajstić information content (AvgIpc) is 2.53. The number of nitrogens with one attached hydrogen (secondary N) is 1. The number of amides is 1. The number of para-hydroxylation sites is 2. The van der Waals surface area contributed by atoms with Crippen molar-refractivity contribution in [3.05, 3.63) is 24.3 Å². The van der Waals surface area contributed by atoms with Crippen LogP contribution in [0.5, 0.6) is 5.75 Å². The third-order valence-electron chi connectivity index (χ3n) is 3.32. The highest BCUT2D eigenvalue weighted by molar-refractivity contribution is 5.86. The molecule has 0 heterocycles. The summed E-state index contributed by atoms with van der Waals surface area (Å²) in [6.07, 6.45) is 7.75. The van der Waals surface area contributed by atoms with Crippen LogP contribution in [0.3, 0.4) is 0 Å². The lowest BCUT2D eigenvalue weighted by molar-refractivity contribution is 0.161. The minimum atomic E-state index is -0.433. The quantitative estimate of drug-likeness (QED) is 0.558. The highest BCUT2D eigenvalue weighted by Gasteiger charge is 2.07. The number of carbonyl (C=O) groups excluding carboxylic acids is 1. The van der Waals surface area contributed by atoms with E-state index in [9.17, 15) is 4.79 Å². The van der Waals surface area contributed by atoms with E-state index in [0.717, 1.165) is 12.8 Å². The van der Waals surface area contributed by atoms with Crippen molar-refractivity contribution in [3.63, 3.8) is 0 Å². The standard InChI is InChI=1S/C18H29NO3/c1-3-5-6-7-8-11-15-21-17-13-10-9-12-16(17)19-18(20)22-14-4-2/h9-10,12-13H,3-8,11,14-15H2,1-2H3,(H,19,20). The van der Waals surface area contributed by atoms with Gasteiger partial charge in [0.15, 0.2) is 0 Å². The fourth-order valence-electron chi connectivity index (χ4n) is 2.10. The molecule has 124 valence electrons. The minimum absolute atomic E-state index is 0.423. The van der Waals surface area contributed by atoms with Crippen molar-refractivity contribution < 1.29 is 14.3 Å². The average molecular weight is 307 g/mol. The van der Waals surface area contributed by atoms with Crippen molar-refractivity contribution in [2.75, 3.05) is 18.5 Å². The molecule has 0 bridgehead atoms. The first-order chi connectivity index (χ1) is 10.8. The maximum absolute atomic E-state index is 11.6. The maximum Gasteiger partial charge on any atom is 0.411 e. The van der Waals surface area contributed by atoms with E-state index in [4.69, 9.17) is 9.47 Å². The summed E-state index contributed by atoms with van der Waals surface area (Å²) in [5, 5.41) is 2.73. The molecule has 1 rings (SSSR count). The van der Waals surface area contributed by atoms with Gasteiger partial charge in [-0.2, -0.15) is 0 Å². The monoisotopic (exact) mass is 307 g/mol. The number of rotatable bonds is 11. The predicted molar refractivity (Wildman–Crippen MR) is 90.6 cm³/mol. The normalized spacial score (nSPS) is 10.3. The van der Waals surface area contributed by atoms with Crippen molar-refractivity contribution in [1.82, 2.24) is 0 Å². The molecule has 0 aromatic heterocycles. The second-order valence-electron chi connectivity index (χ2n) is 5.37. The molecular formula is C18H29NO3. The molecule has 0 atom stereocenters. The summed E-state index contributed by atoms with van der Waals surface area (Å²) in [5.74, 6) is 0.699. The number of hydrogen-bond acceptors (Lipinski definition) is 3. The molecule has 0 aliphatic carbocycles. The van der Waals surface area contributed by atoms with Crippen LogP contribution in [0.15, 0.2) is 24.3 Å². The van der Waals surface area contributed by atoms with Crippen LogP contribution in [-0.2, 0) is 4.74 Å². The zero-order chi connectivity index (χ0) is 16.0. The highest BCUT2D eigenvalue weighted by atomic mass is 16.5. The van der Waals surface area contributed by atoms with Crippen LogP contribution in [-0.4, -0.2) is 19.3 Å². The number of ether oxygens (including phenoxy) is 2. The summed E-state index contributed by atoms with van der Waals surface area (Å²) >= 11 is 0. The van der Waals surface area contributed by atoms with Crippen LogP contribution >= 0.6 is 0 Å². The van der Waals surface area contributed by atoms with Crippen molar-refractivity contribution in [3.8, 4) is 5.75 Å². The van der Waals surface area contributed by atoms with E-state index >= 15 is 0 Å². The first kappa shape index (κ1) is 18.3. The van der Waals surface area contributed by atoms with E-state index < -0.39 is 6.09 Å². The number of anilines is 1. The van der Waals surface area contributed by atoms with Crippen LogP contribution < -0.4 is 10.1 Å². The zero-order valence-corrected chi connectivity index (χ0v) is 13.9. The molecule has 0 aliphatic rings. The molecule has 4 nitrogen and oxygen atoms in total. The number of unbranched alkanes of at least 4 members (excludes halogenated alkanes) is 5. The van der Waals surface area contributed by atoms with Crippen LogP contribution in [0.4, 0.5) is 10.5 Å². The van der Waals surface area contributed by atoms with Gasteiger partial charge in [0.1, 0.15) is 5.75 Å². The Morgan fingerprint density at radius 1 is 0.955 bits per heavy atom. The maximum atomic E-state index is 11.6. The predicted octanol–water partition coefficient (Wildman–Crippen LogP) is 5.38. The summed E-state index contributed by atoms with van der Waals surface area (Å²) in [4.78, 5) is 11.6. The smallest absolute Gasteiger partial charge is 0.411 e. The Labute approximate surface area is 134 Å². The Morgan fingerprint density at radius 3 is 2.45 bits per heavy atom. The largest absolute Gasteiger partial charge is 0.491 e. The number of hydrogen-bond donors (Lipinski definition) is 1. The van der Waals surface area contributed by atoms with Gasteiger partial charge in [-0.05, 0) is 25.0 Å². The second-order valence-corrected chi connectivity index (χ2v) is 5.37. The van der Waals surface area contributed by atoms with Gasteiger partial charge in [-0.1, -0.05) is 58.1 Å². The van der Waals surface area contributed by atoms with Gasteiger partial charge in [0.2, 0.25) is 0 Å². The Bertz CT molecular complexity index is 421. The molecule has 0 radical (unpaired) electrons. The molecule has 0 fully saturated rings. The molecule has 1 amide bonds. The lowest BCUT2D eigenvalue weighted by Crippen LogP contribution is -2.15. The lowest BCUT2D eigenvalue weighted by atomic mass is 10.1. The molecule has 1 aromatic carbocycles. The fraction of sp³-hybridized carbons (Fsp3) is 0.611. The van der Waals surface area contributed by atoms with Gasteiger partial charge >= 0.3 is 6.09 Å². The molecule has 1 aromatic rings. The summed E-state index contributed by atoms with van der Waals surface area (Å²) in [6.45, 7) is 5.28. The van der Waals surface area contributed by atoms with Gasteiger partial charge in [0.25, 0.3) is 0 Å². The Hall–Kier alpha value is -1.71. The van der Waals surface area contributed by atoms with Gasteiger partial charge in [0.05, 0.1) is 18.9 Å². The Kier molecular flexibility index (Phi) is 9.92. The summed E-state index contributed by atoms with van der Waals surface area (Å²) in [6, 6.07) is 7.46. The minimum Gasteiger partial charge on any atom is -0.491 e. The van der Waals surface area contributed by atoms with Crippen molar-refractivity contribution in [1.29, 1.82) is 0 Å². The van der Waals surface area contributed by atoms with E-state index in [2.05, 4.69) is 12.2 Å². The van der Waals surface area contributed by atoms with Gasteiger partial charge in [-0.15, -0.1) is 0 Å². The summed E-state index contributed by atoms with van der Waals surface area (Å²) in [7, 11) is 0. The molecule has 0 saturated heterocycles. The SMILES string of the molecule is CCCCCCCCOc1ccccc1NC(=O)OCCC. The van der Waals surface area contributed by atoms with Gasteiger partial charge < -0.3 is 9.47 Å². The Balaban J connectivity index is 2.32. The highest BCUT2D eigenvalue weighted by Crippen LogP contribution is 2.24. The third-order valence-corrected chi connectivity index (χ3v) is 3.32. The fourth-order valence-corrected chi connectivity index (χ4v) is 2.10. The van der Waals surface area contributed by atoms with Crippen LogP contribution in [0.1, 0.15) is 58.8 Å². The van der Waals surface area contributed by atoms with Crippen molar-refractivity contribution in [2.24, 2.45) is 0 Å². The van der Waals surface area contributed by atoms with E-state index in [1.54, 1.807) is 0 Å². The van der Waals surface area contributed by atoms with Gasteiger partial charge in [-0.3, -0.25) is 5.32 Å². The molecule has 0 saturated carbocycles. The molecular weight excluding hydrogens is 278 g/mol. The summed E-state index contributed by atoms with van der Waals surface area (Å²) in [5.41, 5.74) is 0.662. The van der Waals surface area contributed by atoms with Gasteiger partial charge in [0, 0.05) is 0 Å². The number of carbonyl (C=O) groups is 1. The summed E-state index contributed by atoms with van der Waals surface area (Å²) < 4.78 is 10.8. The van der Waals surface area contributed by atoms with Gasteiger partial charge in [-0.25, -0.2) is 4.79 Å². The third kappa shape index (κ3) is 7.91. The van der Waals surface area contributed by atoms with Crippen molar-refractivity contribution >= 4 is 11.8 Å². The van der Waals surface area contributed by atoms with Crippen LogP contribution in [0.2, 0.25) is 0 Å². The van der Waals surface area contributed by atoms with E-state index in [0.29, 0.717) is 24.7 Å². The molecule has 0 aliphatic heterocycles. The van der Waals surface area contributed by atoms with Crippen LogP contribution in [0.25, 0.3) is 0 Å². The molecule has 0 unspecified atom stereocenters. The van der Waals surface area contributed by atoms with Crippen LogP contribution in [0, 0.1) is 0 Å². The molecule has 0 spiro atoms.